The molecule has 2 saturated heterocycles. The van der Waals surface area contributed by atoms with E-state index >= 15 is 0 Å². The number of carbonyl (C=O) groups is 2. The van der Waals surface area contributed by atoms with Gasteiger partial charge in [0.05, 0.1) is 13.2 Å². The van der Waals surface area contributed by atoms with Crippen molar-refractivity contribution in [1.29, 1.82) is 0 Å². The van der Waals surface area contributed by atoms with E-state index in [1.165, 1.54) is 11.1 Å². The second-order valence-corrected chi connectivity index (χ2v) is 8.61. The van der Waals surface area contributed by atoms with Crippen LogP contribution in [0, 0.1) is 5.92 Å². The van der Waals surface area contributed by atoms with E-state index in [0.29, 0.717) is 5.92 Å². The third-order valence-corrected chi connectivity index (χ3v) is 6.73. The van der Waals surface area contributed by atoms with Crippen molar-refractivity contribution < 1.29 is 19.4 Å². The summed E-state index contributed by atoms with van der Waals surface area (Å²) in [6, 6.07) is 29.0. The highest BCUT2D eigenvalue weighted by atomic mass is 16.5. The van der Waals surface area contributed by atoms with Crippen molar-refractivity contribution in [3.8, 4) is 5.75 Å². The lowest BCUT2D eigenvalue weighted by molar-refractivity contribution is -0.126. The first-order valence-corrected chi connectivity index (χ1v) is 11.5. The Labute approximate surface area is 200 Å². The first-order chi connectivity index (χ1) is 16.7. The van der Waals surface area contributed by atoms with Crippen LogP contribution in [0.15, 0.2) is 84.9 Å². The molecule has 3 aromatic carbocycles. The van der Waals surface area contributed by atoms with Crippen molar-refractivity contribution in [1.82, 2.24) is 4.90 Å². The Balaban J connectivity index is 0.000000868. The first-order valence-electron chi connectivity index (χ1n) is 11.5. The lowest BCUT2D eigenvalue weighted by atomic mass is 9.89. The molecule has 0 saturated carbocycles. The summed E-state index contributed by atoms with van der Waals surface area (Å²) in [5, 5.41) is 6.89. The fraction of sp³-hybridized carbons (Fsp3) is 0.286. The minimum atomic E-state index is -0.250. The predicted octanol–water partition coefficient (Wildman–Crippen LogP) is 4.76. The molecule has 0 spiro atoms. The number of ether oxygens (including phenoxy) is 1. The Bertz CT molecular complexity index is 1090. The molecule has 3 atom stereocenters. The lowest BCUT2D eigenvalue weighted by Crippen LogP contribution is -2.53. The van der Waals surface area contributed by atoms with Gasteiger partial charge in [-0.3, -0.25) is 14.5 Å². The van der Waals surface area contributed by atoms with Crippen LogP contribution in [-0.4, -0.2) is 42.1 Å². The fourth-order valence-electron chi connectivity index (χ4n) is 5.24. The number of anilines is 1. The molecular weight excluding hydrogens is 428 g/mol. The van der Waals surface area contributed by atoms with Crippen molar-refractivity contribution >= 4 is 18.1 Å². The molecule has 3 aromatic rings. The molecule has 34 heavy (non-hydrogen) atoms. The van der Waals surface area contributed by atoms with Gasteiger partial charge in [0.1, 0.15) is 5.75 Å². The summed E-state index contributed by atoms with van der Waals surface area (Å²) in [6.45, 7) is 1.30. The molecule has 2 aliphatic heterocycles. The maximum absolute atomic E-state index is 13.8. The summed E-state index contributed by atoms with van der Waals surface area (Å²) in [7, 11) is 1.70. The minimum absolute atomic E-state index is 0.106. The predicted molar refractivity (Wildman–Crippen MR) is 132 cm³/mol. The zero-order valence-electron chi connectivity index (χ0n) is 19.3. The van der Waals surface area contributed by atoms with E-state index in [0.717, 1.165) is 37.4 Å². The van der Waals surface area contributed by atoms with Crippen molar-refractivity contribution in [3.63, 3.8) is 0 Å². The lowest BCUT2D eigenvalue weighted by Gasteiger charge is -2.38. The summed E-state index contributed by atoms with van der Waals surface area (Å²) in [5.74, 6) is 1.46. The molecule has 0 unspecified atom stereocenters. The number of hydrogen-bond donors (Lipinski definition) is 1. The Morgan fingerprint density at radius 2 is 1.68 bits per heavy atom. The number of carbonyl (C=O) groups excluding carboxylic acids is 1. The van der Waals surface area contributed by atoms with Gasteiger partial charge in [-0.1, -0.05) is 60.7 Å². The van der Waals surface area contributed by atoms with Crippen molar-refractivity contribution in [2.24, 2.45) is 5.92 Å². The Kier molecular flexibility index (Phi) is 7.60. The topological polar surface area (TPSA) is 70.1 Å². The molecule has 0 aromatic heterocycles. The molecule has 0 radical (unpaired) electrons. The van der Waals surface area contributed by atoms with Crippen LogP contribution in [0.4, 0.5) is 5.69 Å². The van der Waals surface area contributed by atoms with Gasteiger partial charge in [0, 0.05) is 24.8 Å². The average molecular weight is 459 g/mol. The van der Waals surface area contributed by atoms with Gasteiger partial charge in [-0.15, -0.1) is 0 Å². The number of piperidine rings is 1. The van der Waals surface area contributed by atoms with Crippen LogP contribution in [0.2, 0.25) is 0 Å². The molecule has 2 aliphatic rings. The highest BCUT2D eigenvalue weighted by Gasteiger charge is 2.49. The van der Waals surface area contributed by atoms with E-state index < -0.39 is 0 Å². The van der Waals surface area contributed by atoms with Crippen LogP contribution in [0.1, 0.15) is 30.0 Å². The van der Waals surface area contributed by atoms with Gasteiger partial charge in [0.15, 0.2) is 0 Å². The molecule has 176 valence electrons. The highest BCUT2D eigenvalue weighted by Crippen LogP contribution is 2.46. The van der Waals surface area contributed by atoms with Gasteiger partial charge < -0.3 is 14.7 Å². The quantitative estimate of drug-likeness (QED) is 0.558. The molecule has 1 amide bonds. The van der Waals surface area contributed by atoms with Gasteiger partial charge in [0.2, 0.25) is 5.91 Å². The number of rotatable bonds is 5. The molecule has 5 rings (SSSR count). The largest absolute Gasteiger partial charge is 0.497 e. The first kappa shape index (κ1) is 23.5. The SMILES string of the molecule is COc1cccc([C@H]2C[C@@H]3CCN(c4ccccc4)C(=O)[C@@H]3N2Cc2ccccc2)c1.O=CO. The van der Waals surface area contributed by atoms with Crippen LogP contribution in [0.25, 0.3) is 0 Å². The summed E-state index contributed by atoms with van der Waals surface area (Å²) in [6.07, 6.45) is 2.02. The highest BCUT2D eigenvalue weighted by molar-refractivity contribution is 5.98. The summed E-state index contributed by atoms with van der Waals surface area (Å²) in [4.78, 5) is 26.5. The average Bonchev–Trinajstić information content (AvgIpc) is 3.25. The monoisotopic (exact) mass is 458 g/mol. The van der Waals surface area contributed by atoms with Crippen LogP contribution < -0.4 is 9.64 Å². The molecule has 2 heterocycles. The van der Waals surface area contributed by atoms with Crippen LogP contribution in [0.5, 0.6) is 5.75 Å². The summed E-state index contributed by atoms with van der Waals surface area (Å²) >= 11 is 0. The van der Waals surface area contributed by atoms with E-state index in [4.69, 9.17) is 14.6 Å². The van der Waals surface area contributed by atoms with Gasteiger partial charge in [-0.25, -0.2) is 0 Å². The number of para-hydroxylation sites is 1. The maximum atomic E-state index is 13.8. The summed E-state index contributed by atoms with van der Waals surface area (Å²) < 4.78 is 5.49. The van der Waals surface area contributed by atoms with E-state index in [1.54, 1.807) is 7.11 Å². The molecular formula is C28H30N2O4. The smallest absolute Gasteiger partial charge is 0.290 e. The Hall–Kier alpha value is -3.64. The molecule has 6 heteroatoms. The number of hydrogen-bond acceptors (Lipinski definition) is 4. The molecule has 6 nitrogen and oxygen atoms in total. The van der Waals surface area contributed by atoms with E-state index in [9.17, 15) is 4.79 Å². The van der Waals surface area contributed by atoms with E-state index in [1.807, 2.05) is 47.4 Å². The third-order valence-electron chi connectivity index (χ3n) is 6.73. The Morgan fingerprint density at radius 3 is 2.35 bits per heavy atom. The van der Waals surface area contributed by atoms with Crippen molar-refractivity contribution in [2.75, 3.05) is 18.6 Å². The van der Waals surface area contributed by atoms with Crippen molar-refractivity contribution in [2.45, 2.75) is 31.5 Å². The van der Waals surface area contributed by atoms with Gasteiger partial charge in [0.25, 0.3) is 6.47 Å². The molecule has 0 bridgehead atoms. The summed E-state index contributed by atoms with van der Waals surface area (Å²) in [5.41, 5.74) is 3.46. The van der Waals surface area contributed by atoms with Crippen LogP contribution >= 0.6 is 0 Å². The second kappa shape index (κ2) is 11.0. The number of carboxylic acid groups (broad SMARTS) is 1. The number of amides is 1. The standard InChI is InChI=1S/C27H28N2O2.CH2O2/c1-31-24-14-8-11-21(17-24)25-18-22-15-16-28(23-12-6-3-7-13-23)27(30)26(22)29(25)19-20-9-4-2-5-10-20;2-1-3/h2-14,17,22,25-26H,15-16,18-19H2,1H3;1H,(H,2,3)/t22-,25+,26+;/m0./s1. The number of nitrogens with zero attached hydrogens (tertiary/aromatic N) is 2. The van der Waals surface area contributed by atoms with E-state index in [-0.39, 0.29) is 24.5 Å². The van der Waals surface area contributed by atoms with Gasteiger partial charge in [-0.2, -0.15) is 0 Å². The molecule has 0 aliphatic carbocycles. The zero-order chi connectivity index (χ0) is 23.9. The third kappa shape index (κ3) is 4.97. The van der Waals surface area contributed by atoms with Gasteiger partial charge >= 0.3 is 0 Å². The number of fused-ring (bicyclic) bond motifs is 1. The number of likely N-dealkylation sites (tertiary alicyclic amines) is 1. The normalized spacial score (nSPS) is 21.9. The Morgan fingerprint density at radius 1 is 1.00 bits per heavy atom. The maximum Gasteiger partial charge on any atom is 0.290 e. The fourth-order valence-corrected chi connectivity index (χ4v) is 5.24. The minimum Gasteiger partial charge on any atom is -0.497 e. The second-order valence-electron chi connectivity index (χ2n) is 8.61. The number of methoxy groups -OCH3 is 1. The van der Waals surface area contributed by atoms with Crippen molar-refractivity contribution in [3.05, 3.63) is 96.1 Å². The number of benzene rings is 3. The van der Waals surface area contributed by atoms with Crippen LogP contribution in [-0.2, 0) is 16.1 Å². The van der Waals surface area contributed by atoms with Crippen LogP contribution in [0.3, 0.4) is 0 Å². The zero-order valence-corrected chi connectivity index (χ0v) is 19.3. The molecule has 2 fully saturated rings. The molecule has 1 N–H and O–H groups in total. The van der Waals surface area contributed by atoms with Gasteiger partial charge in [-0.05, 0) is 54.2 Å². The van der Waals surface area contributed by atoms with E-state index in [2.05, 4.69) is 47.4 Å².